The van der Waals surface area contributed by atoms with E-state index in [9.17, 15) is 31.6 Å². The van der Waals surface area contributed by atoms with Crippen molar-refractivity contribution in [2.45, 2.75) is 31.3 Å². The van der Waals surface area contributed by atoms with Crippen molar-refractivity contribution in [2.75, 3.05) is 0 Å². The molecule has 23 heavy (non-hydrogen) atoms. The fourth-order valence-corrected chi connectivity index (χ4v) is 2.43. The van der Waals surface area contributed by atoms with Crippen LogP contribution in [-0.2, 0) is 10.4 Å². The minimum Gasteiger partial charge on any atom is -0.508 e. The molecule has 1 aromatic rings. The maximum atomic E-state index is 14.1. The molecule has 2 rings (SSSR count). The minimum absolute atomic E-state index is 0.137. The van der Waals surface area contributed by atoms with Crippen molar-refractivity contribution in [2.24, 2.45) is 0 Å². The fourth-order valence-electron chi connectivity index (χ4n) is 2.43. The number of hydrogen-bond acceptors (Lipinski definition) is 2. The Morgan fingerprint density at radius 2 is 1.65 bits per heavy atom. The second kappa shape index (κ2) is 5.59. The predicted molar refractivity (Wildman–Crippen MR) is 69.4 cm³/mol. The molecule has 0 saturated carbocycles. The highest BCUT2D eigenvalue weighted by molar-refractivity contribution is 5.51. The molecule has 0 saturated heterocycles. The second-order valence-corrected chi connectivity index (χ2v) is 5.61. The van der Waals surface area contributed by atoms with Gasteiger partial charge < -0.3 is 5.11 Å². The summed E-state index contributed by atoms with van der Waals surface area (Å²) < 4.78 is 81.5. The van der Waals surface area contributed by atoms with Crippen LogP contribution >= 0.6 is 0 Å². The smallest absolute Gasteiger partial charge is 0.336 e. The Morgan fingerprint density at radius 1 is 1.13 bits per heavy atom. The minimum atomic E-state index is -4.50. The van der Waals surface area contributed by atoms with E-state index in [1.165, 1.54) is 38.1 Å². The zero-order valence-corrected chi connectivity index (χ0v) is 12.0. The summed E-state index contributed by atoms with van der Waals surface area (Å²) in [6.07, 6.45) is -3.50. The number of rotatable bonds is 3. The molecule has 0 bridgehead atoms. The topological polar surface area (TPSA) is 29.5 Å². The van der Waals surface area contributed by atoms with E-state index in [4.69, 9.17) is 0 Å². The number of phenols is 1. The molecular weight excluding hydrogens is 326 g/mol. The van der Waals surface area contributed by atoms with Crippen molar-refractivity contribution >= 4 is 0 Å². The van der Waals surface area contributed by atoms with Gasteiger partial charge in [0.1, 0.15) is 11.6 Å². The van der Waals surface area contributed by atoms with Crippen molar-refractivity contribution < 1.29 is 36.5 Å². The van der Waals surface area contributed by atoms with E-state index in [0.717, 1.165) is 0 Å². The molecule has 1 aliphatic rings. The lowest BCUT2D eigenvalue weighted by Crippen LogP contribution is -2.43. The van der Waals surface area contributed by atoms with Gasteiger partial charge >= 0.3 is 5.85 Å². The monoisotopic (exact) mass is 338 g/mol. The Morgan fingerprint density at radius 3 is 2.13 bits per heavy atom. The first-order valence-corrected chi connectivity index (χ1v) is 6.45. The maximum absolute atomic E-state index is 14.1. The summed E-state index contributed by atoms with van der Waals surface area (Å²) in [7, 11) is 0. The fraction of sp³-hybridized carbons (Fsp3) is 0.333. The quantitative estimate of drug-likeness (QED) is 0.789. The highest BCUT2D eigenvalue weighted by atomic mass is 19.3. The van der Waals surface area contributed by atoms with Gasteiger partial charge in [-0.05, 0) is 22.2 Å². The molecule has 8 heteroatoms. The molecule has 2 nitrogen and oxygen atoms in total. The van der Waals surface area contributed by atoms with E-state index in [0.29, 0.717) is 0 Å². The Kier molecular flexibility index (Phi) is 4.23. The number of aromatic hydroxyl groups is 1. The first-order valence-electron chi connectivity index (χ1n) is 6.45. The van der Waals surface area contributed by atoms with Gasteiger partial charge in [0, 0.05) is 11.0 Å². The molecule has 1 aliphatic carbocycles. The van der Waals surface area contributed by atoms with Crippen molar-refractivity contribution in [3.8, 4) is 5.75 Å². The highest BCUT2D eigenvalue weighted by Gasteiger charge is 2.58. The standard InChI is InChI=1S/C15H12F6O2/c1-14(2,7-3-5-8(22)6-4-7)9-10(16)12(18)15(20,23-21)13(19)11(9)17/h3-6,12,22H,1-2H3. The molecule has 1 aromatic carbocycles. The summed E-state index contributed by atoms with van der Waals surface area (Å²) in [5, 5.41) is 9.22. The van der Waals surface area contributed by atoms with E-state index in [-0.39, 0.29) is 11.3 Å². The van der Waals surface area contributed by atoms with Crippen LogP contribution in [0, 0.1) is 0 Å². The third-order valence-electron chi connectivity index (χ3n) is 3.83. The van der Waals surface area contributed by atoms with Gasteiger partial charge in [0.05, 0.1) is 0 Å². The number of phenolic OH excluding ortho intramolecular Hbond substituents is 1. The molecule has 0 heterocycles. The SMILES string of the molecule is CC(C)(C1=C(F)C(F)C(F)(OF)C(F)=C1F)c1ccc(O)cc1. The number of benzene rings is 1. The highest BCUT2D eigenvalue weighted by Crippen LogP contribution is 2.50. The van der Waals surface area contributed by atoms with Crippen molar-refractivity contribution in [3.63, 3.8) is 0 Å². The maximum Gasteiger partial charge on any atom is 0.336 e. The van der Waals surface area contributed by atoms with Crippen molar-refractivity contribution in [3.05, 3.63) is 52.9 Å². The Balaban J connectivity index is 2.64. The lowest BCUT2D eigenvalue weighted by molar-refractivity contribution is -0.302. The first-order chi connectivity index (χ1) is 10.6. The summed E-state index contributed by atoms with van der Waals surface area (Å²) in [6.45, 7) is 2.46. The summed E-state index contributed by atoms with van der Waals surface area (Å²) in [5.41, 5.74) is -2.55. The van der Waals surface area contributed by atoms with E-state index >= 15 is 0 Å². The van der Waals surface area contributed by atoms with Gasteiger partial charge in [-0.3, -0.25) is 0 Å². The van der Waals surface area contributed by atoms with Crippen LogP contribution in [0.1, 0.15) is 19.4 Å². The van der Waals surface area contributed by atoms with Crippen molar-refractivity contribution in [1.29, 1.82) is 0 Å². The van der Waals surface area contributed by atoms with Gasteiger partial charge in [-0.1, -0.05) is 26.0 Å². The molecule has 126 valence electrons. The summed E-state index contributed by atoms with van der Waals surface area (Å²) >= 11 is 0. The third kappa shape index (κ3) is 2.50. The summed E-state index contributed by atoms with van der Waals surface area (Å²) in [5.74, 6) is -11.2. The third-order valence-corrected chi connectivity index (χ3v) is 3.83. The number of hydrogen-bond donors (Lipinski definition) is 1. The van der Waals surface area contributed by atoms with Crippen LogP contribution in [0.25, 0.3) is 0 Å². The van der Waals surface area contributed by atoms with Crippen LogP contribution in [0.4, 0.5) is 26.5 Å². The molecule has 0 aliphatic heterocycles. The molecular formula is C15H12F6O2. The van der Waals surface area contributed by atoms with Crippen LogP contribution in [0.15, 0.2) is 47.3 Å². The van der Waals surface area contributed by atoms with E-state index in [1.807, 2.05) is 0 Å². The number of halogens is 6. The summed E-state index contributed by atoms with van der Waals surface area (Å²) in [6, 6.07) is 4.95. The molecule has 0 spiro atoms. The number of allylic oxidation sites excluding steroid dienone is 2. The molecule has 2 unspecified atom stereocenters. The van der Waals surface area contributed by atoms with E-state index < -0.39 is 40.5 Å². The Hall–Kier alpha value is -1.96. The van der Waals surface area contributed by atoms with Crippen LogP contribution in [0.3, 0.4) is 0 Å². The predicted octanol–water partition coefficient (Wildman–Crippen LogP) is 4.96. The van der Waals surface area contributed by atoms with Gasteiger partial charge in [0.15, 0.2) is 5.83 Å². The lowest BCUT2D eigenvalue weighted by Gasteiger charge is -2.34. The normalized spacial score (nSPS) is 26.0. The molecule has 2 atom stereocenters. The lowest BCUT2D eigenvalue weighted by atomic mass is 9.74. The average molecular weight is 338 g/mol. The second-order valence-electron chi connectivity index (χ2n) is 5.61. The first kappa shape index (κ1) is 17.4. The van der Waals surface area contributed by atoms with E-state index in [2.05, 4.69) is 4.94 Å². The van der Waals surface area contributed by atoms with Gasteiger partial charge in [-0.15, -0.1) is 4.94 Å². The van der Waals surface area contributed by atoms with Gasteiger partial charge in [-0.25, -0.2) is 17.6 Å². The average Bonchev–Trinajstić information content (AvgIpc) is 2.51. The zero-order valence-electron chi connectivity index (χ0n) is 12.0. The number of alkyl halides is 2. The molecule has 0 aromatic heterocycles. The van der Waals surface area contributed by atoms with Crippen LogP contribution in [0.2, 0.25) is 0 Å². The van der Waals surface area contributed by atoms with Crippen LogP contribution in [0.5, 0.6) is 5.75 Å². The van der Waals surface area contributed by atoms with Crippen molar-refractivity contribution in [1.82, 2.24) is 0 Å². The Bertz CT molecular complexity index is 680. The largest absolute Gasteiger partial charge is 0.508 e. The van der Waals surface area contributed by atoms with Crippen LogP contribution < -0.4 is 0 Å². The molecule has 0 radical (unpaired) electrons. The van der Waals surface area contributed by atoms with Gasteiger partial charge in [0.2, 0.25) is 12.0 Å². The van der Waals surface area contributed by atoms with Gasteiger partial charge in [-0.2, -0.15) is 4.39 Å². The van der Waals surface area contributed by atoms with E-state index in [1.54, 1.807) is 0 Å². The summed E-state index contributed by atoms with van der Waals surface area (Å²) in [4.78, 5) is 2.50. The molecule has 1 N–H and O–H groups in total. The van der Waals surface area contributed by atoms with Crippen LogP contribution in [-0.4, -0.2) is 17.1 Å². The zero-order chi connectivity index (χ0) is 17.6. The molecule has 0 fully saturated rings. The molecule has 0 amide bonds. The van der Waals surface area contributed by atoms with Gasteiger partial charge in [0.25, 0.3) is 0 Å². The Labute approximate surface area is 127 Å².